The topological polar surface area (TPSA) is 68.9 Å². The fourth-order valence-corrected chi connectivity index (χ4v) is 5.68. The number of hydrogen-bond donors (Lipinski definition) is 3. The zero-order valence-corrected chi connectivity index (χ0v) is 22.1. The normalized spacial score (nSPS) is 17.1. The van der Waals surface area contributed by atoms with Gasteiger partial charge in [-0.15, -0.1) is 6.58 Å². The highest BCUT2D eigenvalue weighted by atomic mass is 15.2. The Morgan fingerprint density at radius 1 is 1.00 bits per heavy atom. The van der Waals surface area contributed by atoms with E-state index in [-0.39, 0.29) is 6.04 Å². The standard InChI is InChI=1S/C32H38N6/c1-2-16-33-19-23-12-13-25(26(18-23)20-35-27-14-15-27)21-38(22-31-36-28-9-3-4-10-29(28)37-31)30-11-5-7-24-8-6-17-34-32(24)30/h2-4,6,8-10,12-13,17-18,27,30,33,35H,1,5,7,11,14-16,19-22H2,(H,36,37). The van der Waals surface area contributed by atoms with Gasteiger partial charge in [-0.05, 0) is 72.6 Å². The quantitative estimate of drug-likeness (QED) is 0.173. The second kappa shape index (κ2) is 11.6. The summed E-state index contributed by atoms with van der Waals surface area (Å²) in [4.78, 5) is 16.0. The number of nitrogens with one attached hydrogen (secondary N) is 3. The molecule has 1 atom stereocenters. The van der Waals surface area contributed by atoms with Gasteiger partial charge in [0, 0.05) is 38.4 Å². The lowest BCUT2D eigenvalue weighted by Crippen LogP contribution is -2.32. The number of benzene rings is 2. The molecule has 1 saturated carbocycles. The summed E-state index contributed by atoms with van der Waals surface area (Å²) >= 11 is 0. The molecule has 0 bridgehead atoms. The van der Waals surface area contributed by atoms with Crippen LogP contribution >= 0.6 is 0 Å². The molecule has 0 saturated heterocycles. The number of pyridine rings is 1. The molecule has 4 aromatic rings. The second-order valence-corrected chi connectivity index (χ2v) is 10.7. The monoisotopic (exact) mass is 506 g/mol. The van der Waals surface area contributed by atoms with Crippen LogP contribution in [0.4, 0.5) is 0 Å². The number of aromatic amines is 1. The predicted octanol–water partition coefficient (Wildman–Crippen LogP) is 5.57. The molecule has 3 N–H and O–H groups in total. The van der Waals surface area contributed by atoms with E-state index in [0.29, 0.717) is 6.04 Å². The number of nitrogens with zero attached hydrogens (tertiary/aromatic N) is 3. The Hall–Kier alpha value is -3.32. The van der Waals surface area contributed by atoms with E-state index in [1.165, 1.54) is 47.2 Å². The van der Waals surface area contributed by atoms with Crippen molar-refractivity contribution in [2.45, 2.75) is 70.4 Å². The fourth-order valence-electron chi connectivity index (χ4n) is 5.68. The lowest BCUT2D eigenvalue weighted by atomic mass is 9.90. The Bertz CT molecular complexity index is 1350. The van der Waals surface area contributed by atoms with E-state index in [2.05, 4.69) is 81.7 Å². The summed E-state index contributed by atoms with van der Waals surface area (Å²) in [5.74, 6) is 1.01. The van der Waals surface area contributed by atoms with E-state index < -0.39 is 0 Å². The van der Waals surface area contributed by atoms with Crippen LogP contribution in [0.2, 0.25) is 0 Å². The highest BCUT2D eigenvalue weighted by molar-refractivity contribution is 5.74. The molecule has 0 spiro atoms. The van der Waals surface area contributed by atoms with Gasteiger partial charge in [0.15, 0.2) is 0 Å². The third kappa shape index (κ3) is 5.88. The number of aryl methyl sites for hydroxylation is 1. The Labute approximate surface area is 225 Å². The highest BCUT2D eigenvalue weighted by Crippen LogP contribution is 2.35. The van der Waals surface area contributed by atoms with Crippen LogP contribution in [0.1, 0.15) is 65.5 Å². The molecule has 2 aromatic heterocycles. The summed E-state index contributed by atoms with van der Waals surface area (Å²) in [7, 11) is 0. The first-order valence-electron chi connectivity index (χ1n) is 14.0. The molecule has 196 valence electrons. The molecule has 1 fully saturated rings. The zero-order chi connectivity index (χ0) is 25.7. The van der Waals surface area contributed by atoms with E-state index in [4.69, 9.17) is 9.97 Å². The fraction of sp³-hybridized carbons (Fsp3) is 0.375. The van der Waals surface area contributed by atoms with Gasteiger partial charge in [0.2, 0.25) is 0 Å². The molecule has 1 unspecified atom stereocenters. The molecule has 2 aromatic carbocycles. The van der Waals surface area contributed by atoms with E-state index in [1.807, 2.05) is 12.3 Å². The largest absolute Gasteiger partial charge is 0.341 e. The number of para-hydroxylation sites is 2. The Balaban J connectivity index is 1.32. The maximum Gasteiger partial charge on any atom is 0.121 e. The molecule has 6 heteroatoms. The maximum atomic E-state index is 4.94. The molecule has 0 aliphatic heterocycles. The first kappa shape index (κ1) is 25.0. The molecule has 2 aliphatic carbocycles. The van der Waals surface area contributed by atoms with Crippen molar-refractivity contribution >= 4 is 11.0 Å². The van der Waals surface area contributed by atoms with Crippen molar-refractivity contribution in [1.82, 2.24) is 30.5 Å². The highest BCUT2D eigenvalue weighted by Gasteiger charge is 2.29. The minimum Gasteiger partial charge on any atom is -0.341 e. The molecule has 2 heterocycles. The van der Waals surface area contributed by atoms with E-state index in [1.54, 1.807) is 0 Å². The van der Waals surface area contributed by atoms with Crippen molar-refractivity contribution in [2.75, 3.05) is 6.54 Å². The Morgan fingerprint density at radius 2 is 1.92 bits per heavy atom. The van der Waals surface area contributed by atoms with Crippen LogP contribution in [-0.2, 0) is 32.6 Å². The van der Waals surface area contributed by atoms with E-state index in [0.717, 1.165) is 62.4 Å². The van der Waals surface area contributed by atoms with Gasteiger partial charge < -0.3 is 15.6 Å². The van der Waals surface area contributed by atoms with Crippen molar-refractivity contribution in [1.29, 1.82) is 0 Å². The van der Waals surface area contributed by atoms with Gasteiger partial charge >= 0.3 is 0 Å². The van der Waals surface area contributed by atoms with Gasteiger partial charge in [-0.1, -0.05) is 42.5 Å². The van der Waals surface area contributed by atoms with Crippen LogP contribution in [0.15, 0.2) is 73.4 Å². The van der Waals surface area contributed by atoms with Crippen LogP contribution in [0.5, 0.6) is 0 Å². The Morgan fingerprint density at radius 3 is 2.79 bits per heavy atom. The van der Waals surface area contributed by atoms with Gasteiger partial charge in [-0.3, -0.25) is 9.88 Å². The summed E-state index contributed by atoms with van der Waals surface area (Å²) in [6.07, 6.45) is 9.86. The molecular weight excluding hydrogens is 468 g/mol. The van der Waals surface area contributed by atoms with Crippen LogP contribution < -0.4 is 10.6 Å². The maximum absolute atomic E-state index is 4.94. The molecule has 6 nitrogen and oxygen atoms in total. The van der Waals surface area contributed by atoms with Crippen LogP contribution in [-0.4, -0.2) is 32.4 Å². The molecular formula is C32H38N6. The van der Waals surface area contributed by atoms with Crippen LogP contribution in [0, 0.1) is 0 Å². The Kier molecular flexibility index (Phi) is 7.63. The molecule has 6 rings (SSSR count). The van der Waals surface area contributed by atoms with Gasteiger partial charge in [-0.2, -0.15) is 0 Å². The molecule has 2 aliphatic rings. The summed E-state index contributed by atoms with van der Waals surface area (Å²) in [6.45, 7) is 8.03. The number of imidazole rings is 1. The first-order valence-corrected chi connectivity index (χ1v) is 14.0. The summed E-state index contributed by atoms with van der Waals surface area (Å²) in [5, 5.41) is 7.21. The van der Waals surface area contributed by atoms with Crippen LogP contribution in [0.25, 0.3) is 11.0 Å². The van der Waals surface area contributed by atoms with Gasteiger partial charge in [0.05, 0.1) is 29.3 Å². The number of aromatic nitrogens is 3. The molecule has 0 radical (unpaired) electrons. The molecule has 0 amide bonds. The van der Waals surface area contributed by atoms with Crippen LogP contribution in [0.3, 0.4) is 0 Å². The third-order valence-electron chi connectivity index (χ3n) is 7.82. The third-order valence-corrected chi connectivity index (χ3v) is 7.82. The average molecular weight is 507 g/mol. The van der Waals surface area contributed by atoms with Crippen molar-refractivity contribution in [3.8, 4) is 0 Å². The van der Waals surface area contributed by atoms with E-state index in [9.17, 15) is 0 Å². The minimum absolute atomic E-state index is 0.270. The van der Waals surface area contributed by atoms with Crippen molar-refractivity contribution in [3.05, 3.63) is 107 Å². The van der Waals surface area contributed by atoms with Gasteiger partial charge in [0.25, 0.3) is 0 Å². The number of rotatable bonds is 12. The average Bonchev–Trinajstić information content (AvgIpc) is 3.69. The van der Waals surface area contributed by atoms with Gasteiger partial charge in [-0.25, -0.2) is 4.98 Å². The number of H-pyrrole nitrogens is 1. The zero-order valence-electron chi connectivity index (χ0n) is 22.1. The summed E-state index contributed by atoms with van der Waals surface area (Å²) < 4.78 is 0. The second-order valence-electron chi connectivity index (χ2n) is 10.7. The van der Waals surface area contributed by atoms with Crippen molar-refractivity contribution in [2.24, 2.45) is 0 Å². The summed E-state index contributed by atoms with van der Waals surface area (Å²) in [6, 6.07) is 20.6. The van der Waals surface area contributed by atoms with Crippen molar-refractivity contribution in [3.63, 3.8) is 0 Å². The van der Waals surface area contributed by atoms with Crippen molar-refractivity contribution < 1.29 is 0 Å². The minimum atomic E-state index is 0.270. The van der Waals surface area contributed by atoms with E-state index >= 15 is 0 Å². The number of hydrogen-bond acceptors (Lipinski definition) is 5. The molecule has 38 heavy (non-hydrogen) atoms. The smallest absolute Gasteiger partial charge is 0.121 e. The lowest BCUT2D eigenvalue weighted by molar-refractivity contribution is 0.153. The predicted molar refractivity (Wildman–Crippen MR) is 153 cm³/mol. The summed E-state index contributed by atoms with van der Waals surface area (Å²) in [5.41, 5.74) is 8.82. The SMILES string of the molecule is C=CCNCc1ccc(CN(Cc2nc3ccccc3[nH]2)C2CCCc3cccnc32)c(CNC2CC2)c1. The number of fused-ring (bicyclic) bond motifs is 2. The van der Waals surface area contributed by atoms with Gasteiger partial charge in [0.1, 0.15) is 5.82 Å². The lowest BCUT2D eigenvalue weighted by Gasteiger charge is -2.35. The first-order chi connectivity index (χ1) is 18.8.